The summed E-state index contributed by atoms with van der Waals surface area (Å²) in [5.41, 5.74) is 1.03. The Morgan fingerprint density at radius 2 is 2.39 bits per heavy atom. The molecule has 0 saturated heterocycles. The van der Waals surface area contributed by atoms with E-state index in [1.807, 2.05) is 16.8 Å². The first-order chi connectivity index (χ1) is 8.66. The highest BCUT2D eigenvalue weighted by atomic mass is 35.5. The van der Waals surface area contributed by atoms with E-state index < -0.39 is 6.10 Å². The molecular formula is C12H11ClN2O2S. The first-order valence-corrected chi connectivity index (χ1v) is 6.59. The molecule has 2 aromatic rings. The average Bonchev–Trinajstić information content (AvgIpc) is 2.89. The molecule has 0 fully saturated rings. The van der Waals surface area contributed by atoms with Gasteiger partial charge in [0.1, 0.15) is 5.69 Å². The lowest BCUT2D eigenvalue weighted by Gasteiger charge is -2.10. The minimum atomic E-state index is -0.709. The number of thiophene rings is 1. The number of nitrogens with one attached hydrogen (secondary N) is 1. The Morgan fingerprint density at radius 1 is 1.56 bits per heavy atom. The normalized spacial score (nSPS) is 12.1. The first kappa shape index (κ1) is 13.0. The van der Waals surface area contributed by atoms with Crippen LogP contribution < -0.4 is 5.32 Å². The number of rotatable bonds is 4. The maximum absolute atomic E-state index is 11.7. The monoisotopic (exact) mass is 282 g/mol. The van der Waals surface area contributed by atoms with E-state index in [4.69, 9.17) is 11.6 Å². The number of aromatic nitrogens is 1. The molecule has 0 aliphatic carbocycles. The van der Waals surface area contributed by atoms with Gasteiger partial charge in [0.15, 0.2) is 0 Å². The van der Waals surface area contributed by atoms with Crippen LogP contribution in [0.1, 0.15) is 22.2 Å². The van der Waals surface area contributed by atoms with Crippen molar-refractivity contribution in [2.45, 2.75) is 6.10 Å². The van der Waals surface area contributed by atoms with Crippen LogP contribution >= 0.6 is 22.9 Å². The quantitative estimate of drug-likeness (QED) is 0.904. The van der Waals surface area contributed by atoms with Crippen molar-refractivity contribution in [3.05, 3.63) is 51.4 Å². The molecule has 18 heavy (non-hydrogen) atoms. The highest BCUT2D eigenvalue weighted by molar-refractivity contribution is 7.07. The topological polar surface area (TPSA) is 62.2 Å². The third-order valence-corrected chi connectivity index (χ3v) is 3.28. The highest BCUT2D eigenvalue weighted by Crippen LogP contribution is 2.15. The second kappa shape index (κ2) is 5.95. The predicted molar refractivity (Wildman–Crippen MR) is 70.9 cm³/mol. The number of pyridine rings is 1. The number of aliphatic hydroxyl groups excluding tert-OH is 1. The standard InChI is InChI=1S/C12H11ClN2O2S/c13-9-1-3-14-10(5-9)12(17)15-6-11(16)8-2-4-18-7-8/h1-5,7,11,16H,6H2,(H,15,17). The van der Waals surface area contributed by atoms with Gasteiger partial charge in [0.25, 0.3) is 5.91 Å². The third kappa shape index (κ3) is 3.29. The Kier molecular flexibility index (Phi) is 4.30. The molecule has 0 spiro atoms. The van der Waals surface area contributed by atoms with Crippen LogP contribution in [-0.4, -0.2) is 22.5 Å². The number of nitrogens with zero attached hydrogens (tertiary/aromatic N) is 1. The third-order valence-electron chi connectivity index (χ3n) is 2.34. The van der Waals surface area contributed by atoms with Crippen molar-refractivity contribution in [2.75, 3.05) is 6.54 Å². The number of aliphatic hydroxyl groups is 1. The summed E-state index contributed by atoms with van der Waals surface area (Å²) in [7, 11) is 0. The summed E-state index contributed by atoms with van der Waals surface area (Å²) >= 11 is 7.26. The number of halogens is 1. The van der Waals surface area contributed by atoms with Gasteiger partial charge in [-0.25, -0.2) is 0 Å². The summed E-state index contributed by atoms with van der Waals surface area (Å²) in [5, 5.41) is 16.6. The van der Waals surface area contributed by atoms with Crippen molar-refractivity contribution in [3.8, 4) is 0 Å². The van der Waals surface area contributed by atoms with Crippen molar-refractivity contribution >= 4 is 28.8 Å². The lowest BCUT2D eigenvalue weighted by molar-refractivity contribution is 0.0911. The van der Waals surface area contributed by atoms with Gasteiger partial charge in [0.2, 0.25) is 0 Å². The molecule has 1 unspecified atom stereocenters. The zero-order chi connectivity index (χ0) is 13.0. The maximum Gasteiger partial charge on any atom is 0.270 e. The molecule has 0 aliphatic rings. The summed E-state index contributed by atoms with van der Waals surface area (Å²) in [5.74, 6) is -0.355. The van der Waals surface area contributed by atoms with Crippen LogP contribution in [-0.2, 0) is 0 Å². The van der Waals surface area contributed by atoms with Gasteiger partial charge >= 0.3 is 0 Å². The first-order valence-electron chi connectivity index (χ1n) is 5.27. The SMILES string of the molecule is O=C(NCC(O)c1ccsc1)c1cc(Cl)ccn1. The molecule has 94 valence electrons. The zero-order valence-corrected chi connectivity index (χ0v) is 10.9. The van der Waals surface area contributed by atoms with Crippen LogP contribution in [0.3, 0.4) is 0 Å². The van der Waals surface area contributed by atoms with Crippen molar-refractivity contribution in [2.24, 2.45) is 0 Å². The smallest absolute Gasteiger partial charge is 0.270 e. The fraction of sp³-hybridized carbons (Fsp3) is 0.167. The maximum atomic E-state index is 11.7. The van der Waals surface area contributed by atoms with Crippen LogP contribution in [0, 0.1) is 0 Å². The summed E-state index contributed by atoms with van der Waals surface area (Å²) in [6.07, 6.45) is 0.756. The second-order valence-corrected chi connectivity index (χ2v) is 4.86. The molecule has 0 radical (unpaired) electrons. The van der Waals surface area contributed by atoms with E-state index in [-0.39, 0.29) is 18.1 Å². The van der Waals surface area contributed by atoms with E-state index in [9.17, 15) is 9.90 Å². The summed E-state index contributed by atoms with van der Waals surface area (Å²) < 4.78 is 0. The molecular weight excluding hydrogens is 272 g/mol. The lowest BCUT2D eigenvalue weighted by atomic mass is 10.2. The molecule has 6 heteroatoms. The van der Waals surface area contributed by atoms with Crippen molar-refractivity contribution in [3.63, 3.8) is 0 Å². The van der Waals surface area contributed by atoms with E-state index in [0.717, 1.165) is 5.56 Å². The zero-order valence-electron chi connectivity index (χ0n) is 9.34. The largest absolute Gasteiger partial charge is 0.387 e. The van der Waals surface area contributed by atoms with Gasteiger partial charge in [0.05, 0.1) is 6.10 Å². The molecule has 2 rings (SSSR count). The predicted octanol–water partition coefficient (Wildman–Crippen LogP) is 2.26. The second-order valence-electron chi connectivity index (χ2n) is 3.64. The van der Waals surface area contributed by atoms with Gasteiger partial charge in [-0.2, -0.15) is 11.3 Å². The highest BCUT2D eigenvalue weighted by Gasteiger charge is 2.12. The number of hydrogen-bond acceptors (Lipinski definition) is 4. The van der Waals surface area contributed by atoms with Crippen molar-refractivity contribution < 1.29 is 9.90 Å². The van der Waals surface area contributed by atoms with E-state index in [1.165, 1.54) is 23.6 Å². The number of hydrogen-bond donors (Lipinski definition) is 2. The number of carbonyl (C=O) groups excluding carboxylic acids is 1. The number of carbonyl (C=O) groups is 1. The molecule has 0 aromatic carbocycles. The van der Waals surface area contributed by atoms with E-state index in [0.29, 0.717) is 5.02 Å². The van der Waals surface area contributed by atoms with Gasteiger partial charge in [0, 0.05) is 17.8 Å². The Balaban J connectivity index is 1.92. The lowest BCUT2D eigenvalue weighted by Crippen LogP contribution is -2.28. The van der Waals surface area contributed by atoms with Crippen LogP contribution in [0.15, 0.2) is 35.2 Å². The average molecular weight is 283 g/mol. The van der Waals surface area contributed by atoms with Gasteiger partial charge in [-0.15, -0.1) is 0 Å². The van der Waals surface area contributed by atoms with Crippen LogP contribution in [0.5, 0.6) is 0 Å². The Bertz CT molecular complexity index is 531. The van der Waals surface area contributed by atoms with E-state index in [1.54, 1.807) is 6.07 Å². The van der Waals surface area contributed by atoms with Gasteiger partial charge in [-0.3, -0.25) is 9.78 Å². The fourth-order valence-electron chi connectivity index (χ4n) is 1.39. The molecule has 0 saturated carbocycles. The number of amides is 1. The van der Waals surface area contributed by atoms with Gasteiger partial charge in [-0.1, -0.05) is 11.6 Å². The molecule has 1 amide bonds. The van der Waals surface area contributed by atoms with Crippen LogP contribution in [0.4, 0.5) is 0 Å². The molecule has 4 nitrogen and oxygen atoms in total. The molecule has 2 N–H and O–H groups in total. The Morgan fingerprint density at radius 3 is 3.06 bits per heavy atom. The van der Waals surface area contributed by atoms with Gasteiger partial charge < -0.3 is 10.4 Å². The Hall–Kier alpha value is -1.43. The van der Waals surface area contributed by atoms with Crippen molar-refractivity contribution in [1.29, 1.82) is 0 Å². The fourth-order valence-corrected chi connectivity index (χ4v) is 2.26. The minimum absolute atomic E-state index is 0.143. The summed E-state index contributed by atoms with van der Waals surface area (Å²) in [6, 6.07) is 4.89. The van der Waals surface area contributed by atoms with E-state index in [2.05, 4.69) is 10.3 Å². The summed E-state index contributed by atoms with van der Waals surface area (Å²) in [6.45, 7) is 0.143. The molecule has 0 bridgehead atoms. The molecule has 1 atom stereocenters. The van der Waals surface area contributed by atoms with Crippen LogP contribution in [0.2, 0.25) is 5.02 Å². The molecule has 2 heterocycles. The summed E-state index contributed by atoms with van der Waals surface area (Å²) in [4.78, 5) is 15.6. The molecule has 0 aliphatic heterocycles. The molecule has 2 aromatic heterocycles. The van der Waals surface area contributed by atoms with Gasteiger partial charge in [-0.05, 0) is 34.5 Å². The Labute approximate surface area is 113 Å². The van der Waals surface area contributed by atoms with E-state index >= 15 is 0 Å². The van der Waals surface area contributed by atoms with Crippen molar-refractivity contribution in [1.82, 2.24) is 10.3 Å². The van der Waals surface area contributed by atoms with Crippen LogP contribution in [0.25, 0.3) is 0 Å². The minimum Gasteiger partial charge on any atom is -0.387 e.